The Morgan fingerprint density at radius 2 is 1.04 bits per heavy atom. The van der Waals surface area contributed by atoms with Crippen molar-refractivity contribution < 1.29 is 29.0 Å². The number of unbranched alkanes of at least 4 members (excludes halogenated alkanes) is 4. The quantitative estimate of drug-likeness (QED) is 0.314. The van der Waals surface area contributed by atoms with Crippen LogP contribution in [-0.4, -0.2) is 35.2 Å². The van der Waals surface area contributed by atoms with Gasteiger partial charge in [-0.15, -0.1) is 0 Å². The molecule has 0 radical (unpaired) electrons. The van der Waals surface area contributed by atoms with Gasteiger partial charge >= 0.3 is 11.9 Å². The molecule has 0 saturated carbocycles. The van der Waals surface area contributed by atoms with Crippen LogP contribution in [0.15, 0.2) is 0 Å². The van der Waals surface area contributed by atoms with Gasteiger partial charge in [-0.05, 0) is 45.4 Å². The summed E-state index contributed by atoms with van der Waals surface area (Å²) in [5, 5.41) is 8.51. The average molecular weight is 356 g/mol. The molecular weight excluding hydrogens is 324 g/mol. The third-order valence-electron chi connectivity index (χ3n) is 3.90. The molecule has 0 aliphatic carbocycles. The van der Waals surface area contributed by atoms with E-state index in [0.717, 1.165) is 19.3 Å². The number of carboxylic acid groups (broad SMARTS) is 1. The van der Waals surface area contributed by atoms with E-state index < -0.39 is 5.97 Å². The molecule has 0 bridgehead atoms. The van der Waals surface area contributed by atoms with Crippen molar-refractivity contribution in [2.75, 3.05) is 6.61 Å². The molecule has 6 nitrogen and oxygen atoms in total. The number of carboxylic acids is 1. The molecule has 0 aliphatic heterocycles. The van der Waals surface area contributed by atoms with Gasteiger partial charge in [0.25, 0.3) is 0 Å². The Bertz CT molecular complexity index is 416. The van der Waals surface area contributed by atoms with E-state index in [-0.39, 0.29) is 24.0 Å². The molecule has 144 valence electrons. The zero-order chi connectivity index (χ0) is 18.9. The summed E-state index contributed by atoms with van der Waals surface area (Å²) < 4.78 is 4.82. The fourth-order valence-corrected chi connectivity index (χ4v) is 2.49. The number of carbonyl (C=O) groups excluding carboxylic acids is 3. The van der Waals surface area contributed by atoms with Gasteiger partial charge in [0.1, 0.15) is 11.6 Å². The average Bonchev–Trinajstić information content (AvgIpc) is 2.55. The Balaban J connectivity index is 3.43. The van der Waals surface area contributed by atoms with Gasteiger partial charge in [0.2, 0.25) is 0 Å². The maximum Gasteiger partial charge on any atom is 0.305 e. The van der Waals surface area contributed by atoms with E-state index in [0.29, 0.717) is 64.4 Å². The topological polar surface area (TPSA) is 97.7 Å². The van der Waals surface area contributed by atoms with Crippen molar-refractivity contribution in [3.8, 4) is 0 Å². The largest absolute Gasteiger partial charge is 0.481 e. The second-order valence-corrected chi connectivity index (χ2v) is 6.25. The van der Waals surface area contributed by atoms with Crippen LogP contribution >= 0.6 is 0 Å². The molecule has 0 rings (SSSR count). The van der Waals surface area contributed by atoms with Gasteiger partial charge in [-0.1, -0.05) is 6.42 Å². The number of hydrogen-bond acceptors (Lipinski definition) is 5. The highest BCUT2D eigenvalue weighted by atomic mass is 16.5. The summed E-state index contributed by atoms with van der Waals surface area (Å²) in [6, 6.07) is 0. The summed E-state index contributed by atoms with van der Waals surface area (Å²) in [4.78, 5) is 44.8. The predicted octanol–water partition coefficient (Wildman–Crippen LogP) is 3.84. The van der Waals surface area contributed by atoms with Crippen molar-refractivity contribution >= 4 is 23.5 Å². The molecule has 0 heterocycles. The zero-order valence-electron chi connectivity index (χ0n) is 15.4. The third-order valence-corrected chi connectivity index (χ3v) is 3.90. The number of Topliss-reactive ketones (excluding diaryl/α,β-unsaturated/α-hetero) is 2. The number of ether oxygens (including phenoxy) is 1. The number of carbonyl (C=O) groups is 4. The molecular formula is C19H32O6. The van der Waals surface area contributed by atoms with Gasteiger partial charge in [-0.3, -0.25) is 19.2 Å². The van der Waals surface area contributed by atoms with Crippen molar-refractivity contribution in [2.24, 2.45) is 0 Å². The fraction of sp³-hybridized carbons (Fsp3) is 0.789. The highest BCUT2D eigenvalue weighted by molar-refractivity contribution is 5.79. The van der Waals surface area contributed by atoms with Crippen LogP contribution in [0.25, 0.3) is 0 Å². The Morgan fingerprint density at radius 1 is 0.640 bits per heavy atom. The van der Waals surface area contributed by atoms with Crippen molar-refractivity contribution in [3.63, 3.8) is 0 Å². The summed E-state index contributed by atoms with van der Waals surface area (Å²) in [6.07, 6.45) is 7.51. The smallest absolute Gasteiger partial charge is 0.305 e. The number of hydrogen-bond donors (Lipinski definition) is 1. The molecule has 0 unspecified atom stereocenters. The number of ketones is 2. The summed E-state index contributed by atoms with van der Waals surface area (Å²) in [6.45, 7) is 2.16. The summed E-state index contributed by atoms with van der Waals surface area (Å²) >= 11 is 0. The molecule has 0 atom stereocenters. The highest BCUT2D eigenvalue weighted by Gasteiger charge is 2.06. The van der Waals surface area contributed by atoms with Gasteiger partial charge in [0.15, 0.2) is 0 Å². The van der Waals surface area contributed by atoms with E-state index in [1.165, 1.54) is 0 Å². The monoisotopic (exact) mass is 356 g/mol. The molecule has 0 aromatic rings. The molecule has 0 aliphatic rings. The van der Waals surface area contributed by atoms with E-state index in [2.05, 4.69) is 0 Å². The van der Waals surface area contributed by atoms with Crippen LogP contribution in [0.4, 0.5) is 0 Å². The van der Waals surface area contributed by atoms with Gasteiger partial charge in [-0.25, -0.2) is 0 Å². The lowest BCUT2D eigenvalue weighted by molar-refractivity contribution is -0.143. The molecule has 0 amide bonds. The minimum atomic E-state index is -0.821. The SMILES string of the molecule is CCOC(=O)CCCCC(=O)CCCCCC(=O)CCCCC(=O)O. The minimum absolute atomic E-state index is 0.120. The molecule has 1 N–H and O–H groups in total. The van der Waals surface area contributed by atoms with Crippen LogP contribution in [0.3, 0.4) is 0 Å². The summed E-state index contributed by atoms with van der Waals surface area (Å²) in [5.41, 5.74) is 0. The molecule has 6 heteroatoms. The van der Waals surface area contributed by atoms with Crippen molar-refractivity contribution in [2.45, 2.75) is 90.4 Å². The van der Waals surface area contributed by atoms with Gasteiger partial charge in [-0.2, -0.15) is 0 Å². The molecule has 0 aromatic heterocycles. The van der Waals surface area contributed by atoms with Crippen LogP contribution < -0.4 is 0 Å². The maximum absolute atomic E-state index is 11.7. The van der Waals surface area contributed by atoms with E-state index in [1.54, 1.807) is 6.92 Å². The van der Waals surface area contributed by atoms with E-state index in [4.69, 9.17) is 9.84 Å². The van der Waals surface area contributed by atoms with E-state index >= 15 is 0 Å². The highest BCUT2D eigenvalue weighted by Crippen LogP contribution is 2.10. The van der Waals surface area contributed by atoms with Crippen molar-refractivity contribution in [1.29, 1.82) is 0 Å². The third kappa shape index (κ3) is 16.9. The van der Waals surface area contributed by atoms with E-state index in [1.807, 2.05) is 0 Å². The Morgan fingerprint density at radius 3 is 1.48 bits per heavy atom. The second kappa shape index (κ2) is 15.8. The standard InChI is InChI=1S/C19H32O6/c1-2-25-19(24)15-9-7-13-17(21)11-5-3-4-10-16(20)12-6-8-14-18(22)23/h2-15H2,1H3,(H,22,23). The van der Waals surface area contributed by atoms with Crippen LogP contribution in [-0.2, 0) is 23.9 Å². The van der Waals surface area contributed by atoms with Crippen molar-refractivity contribution in [1.82, 2.24) is 0 Å². The fourth-order valence-electron chi connectivity index (χ4n) is 2.49. The first-order valence-corrected chi connectivity index (χ1v) is 9.36. The van der Waals surface area contributed by atoms with Gasteiger partial charge in [0, 0.05) is 38.5 Å². The predicted molar refractivity (Wildman–Crippen MR) is 94.3 cm³/mol. The lowest BCUT2D eigenvalue weighted by Crippen LogP contribution is -2.04. The Labute approximate surface area is 150 Å². The Kier molecular flexibility index (Phi) is 14.7. The number of rotatable bonds is 17. The molecule has 0 fully saturated rings. The summed E-state index contributed by atoms with van der Waals surface area (Å²) in [5.74, 6) is -0.639. The molecule has 0 aromatic carbocycles. The first-order chi connectivity index (χ1) is 12.0. The van der Waals surface area contributed by atoms with Gasteiger partial charge in [0.05, 0.1) is 6.61 Å². The lowest BCUT2D eigenvalue weighted by atomic mass is 10.0. The normalized spacial score (nSPS) is 10.4. The lowest BCUT2D eigenvalue weighted by Gasteiger charge is -2.03. The van der Waals surface area contributed by atoms with Crippen LogP contribution in [0.2, 0.25) is 0 Å². The van der Waals surface area contributed by atoms with Crippen LogP contribution in [0.1, 0.15) is 90.4 Å². The summed E-state index contributed by atoms with van der Waals surface area (Å²) in [7, 11) is 0. The maximum atomic E-state index is 11.7. The first kappa shape index (κ1) is 23.3. The molecule has 0 saturated heterocycles. The number of aliphatic carboxylic acids is 1. The zero-order valence-corrected chi connectivity index (χ0v) is 15.4. The number of esters is 1. The molecule has 25 heavy (non-hydrogen) atoms. The van der Waals surface area contributed by atoms with Gasteiger partial charge < -0.3 is 9.84 Å². The minimum Gasteiger partial charge on any atom is -0.481 e. The van der Waals surface area contributed by atoms with Crippen LogP contribution in [0, 0.1) is 0 Å². The van der Waals surface area contributed by atoms with E-state index in [9.17, 15) is 19.2 Å². The van der Waals surface area contributed by atoms with Crippen molar-refractivity contribution in [3.05, 3.63) is 0 Å². The first-order valence-electron chi connectivity index (χ1n) is 9.36. The molecule has 0 spiro atoms. The second-order valence-electron chi connectivity index (χ2n) is 6.25. The Hall–Kier alpha value is -1.72. The van der Waals surface area contributed by atoms with Crippen LogP contribution in [0.5, 0.6) is 0 Å².